The molecule has 0 fully saturated rings. The van der Waals surface area contributed by atoms with Crippen LogP contribution in [0, 0.1) is 13.8 Å². The smallest absolute Gasteiger partial charge is 0.258 e. The molecule has 23 heavy (non-hydrogen) atoms. The number of aromatic nitrogens is 2. The van der Waals surface area contributed by atoms with Crippen molar-refractivity contribution >= 4 is 34.5 Å². The molecule has 5 nitrogen and oxygen atoms in total. The summed E-state index contributed by atoms with van der Waals surface area (Å²) in [6, 6.07) is 7.35. The van der Waals surface area contributed by atoms with Gasteiger partial charge in [-0.15, -0.1) is 21.5 Å². The highest BCUT2D eigenvalue weighted by molar-refractivity contribution is 7.13. The number of nitrogens with one attached hydrogen (secondary N) is 1. The normalized spacial score (nSPS) is 10.7. The fourth-order valence-corrected chi connectivity index (χ4v) is 3.10. The summed E-state index contributed by atoms with van der Waals surface area (Å²) in [5, 5.41) is 13.3. The van der Waals surface area contributed by atoms with Gasteiger partial charge in [0.1, 0.15) is 6.42 Å². The highest BCUT2D eigenvalue weighted by Crippen LogP contribution is 2.28. The fraction of sp³-hybridized carbons (Fsp3) is 0.188. The first-order chi connectivity index (χ1) is 11.0. The third-order valence-corrected chi connectivity index (χ3v) is 4.79. The number of hydrogen-bond acceptors (Lipinski definition) is 5. The minimum absolute atomic E-state index is 0.0172. The van der Waals surface area contributed by atoms with Crippen LogP contribution in [0.15, 0.2) is 34.1 Å². The molecule has 0 saturated heterocycles. The van der Waals surface area contributed by atoms with Gasteiger partial charge < -0.3 is 9.73 Å². The Morgan fingerprint density at radius 3 is 2.87 bits per heavy atom. The van der Waals surface area contributed by atoms with E-state index in [9.17, 15) is 4.79 Å². The first-order valence-electron chi connectivity index (χ1n) is 6.96. The molecular weight excluding hydrogens is 334 g/mol. The van der Waals surface area contributed by atoms with Gasteiger partial charge in [0.05, 0.1) is 4.88 Å². The minimum atomic E-state index is -0.228. The predicted octanol–water partition coefficient (Wildman–Crippen LogP) is 4.25. The number of rotatable bonds is 4. The lowest BCUT2D eigenvalue weighted by molar-refractivity contribution is -0.115. The quantitative estimate of drug-likeness (QED) is 0.766. The van der Waals surface area contributed by atoms with Crippen molar-refractivity contribution in [1.29, 1.82) is 0 Å². The Kier molecular flexibility index (Phi) is 4.45. The van der Waals surface area contributed by atoms with E-state index in [1.807, 2.05) is 25.3 Å². The number of anilines is 1. The minimum Gasteiger partial charge on any atom is -0.419 e. The van der Waals surface area contributed by atoms with Crippen LogP contribution < -0.4 is 5.32 Å². The maximum Gasteiger partial charge on any atom is 0.258 e. The van der Waals surface area contributed by atoms with Crippen molar-refractivity contribution in [2.45, 2.75) is 20.3 Å². The van der Waals surface area contributed by atoms with Crippen LogP contribution in [-0.2, 0) is 11.2 Å². The van der Waals surface area contributed by atoms with Crippen molar-refractivity contribution in [3.8, 4) is 10.8 Å². The Labute approximate surface area is 142 Å². The monoisotopic (exact) mass is 347 g/mol. The topological polar surface area (TPSA) is 68.0 Å². The summed E-state index contributed by atoms with van der Waals surface area (Å²) in [7, 11) is 0. The van der Waals surface area contributed by atoms with Crippen LogP contribution in [0.1, 0.15) is 17.0 Å². The van der Waals surface area contributed by atoms with Crippen molar-refractivity contribution < 1.29 is 9.21 Å². The predicted molar refractivity (Wildman–Crippen MR) is 90.9 cm³/mol. The second-order valence-corrected chi connectivity index (χ2v) is 6.39. The van der Waals surface area contributed by atoms with Crippen molar-refractivity contribution in [3.63, 3.8) is 0 Å². The van der Waals surface area contributed by atoms with E-state index < -0.39 is 0 Å². The number of nitrogens with zero attached hydrogens (tertiary/aromatic N) is 2. The molecular formula is C16H14ClN3O2S. The molecule has 0 unspecified atom stereocenters. The van der Waals surface area contributed by atoms with Gasteiger partial charge in [-0.2, -0.15) is 0 Å². The molecule has 2 aromatic heterocycles. The third kappa shape index (κ3) is 3.43. The van der Waals surface area contributed by atoms with E-state index in [4.69, 9.17) is 16.0 Å². The zero-order valence-corrected chi connectivity index (χ0v) is 14.2. The second kappa shape index (κ2) is 6.52. The SMILES string of the molecule is Cc1ccsc1-c1nnc(CC(=O)Nc2cccc(Cl)c2C)o1. The lowest BCUT2D eigenvalue weighted by Crippen LogP contribution is -2.15. The van der Waals surface area contributed by atoms with E-state index in [1.165, 1.54) is 11.3 Å². The van der Waals surface area contributed by atoms with E-state index in [0.717, 1.165) is 16.0 Å². The van der Waals surface area contributed by atoms with E-state index >= 15 is 0 Å². The summed E-state index contributed by atoms with van der Waals surface area (Å²) < 4.78 is 5.57. The zero-order valence-electron chi connectivity index (χ0n) is 12.6. The van der Waals surface area contributed by atoms with Gasteiger partial charge in [0.2, 0.25) is 11.8 Å². The number of carbonyl (C=O) groups is 1. The van der Waals surface area contributed by atoms with Gasteiger partial charge in [0.25, 0.3) is 5.89 Å². The maximum absolute atomic E-state index is 12.1. The summed E-state index contributed by atoms with van der Waals surface area (Å²) in [4.78, 5) is 13.1. The highest BCUT2D eigenvalue weighted by Gasteiger charge is 2.15. The molecule has 1 N–H and O–H groups in total. The maximum atomic E-state index is 12.1. The number of benzene rings is 1. The van der Waals surface area contributed by atoms with Crippen LogP contribution >= 0.6 is 22.9 Å². The Bertz CT molecular complexity index is 857. The summed E-state index contributed by atoms with van der Waals surface area (Å²) in [6.07, 6.45) is 0.0172. The summed E-state index contributed by atoms with van der Waals surface area (Å²) in [6.45, 7) is 3.83. The summed E-state index contributed by atoms with van der Waals surface area (Å²) in [5.74, 6) is 0.498. The van der Waals surface area contributed by atoms with Gasteiger partial charge >= 0.3 is 0 Å². The molecule has 0 radical (unpaired) electrons. The van der Waals surface area contributed by atoms with Crippen LogP contribution in [0.5, 0.6) is 0 Å². The third-order valence-electron chi connectivity index (χ3n) is 3.38. The Morgan fingerprint density at radius 2 is 2.13 bits per heavy atom. The Balaban J connectivity index is 1.70. The van der Waals surface area contributed by atoms with Crippen molar-refractivity contribution in [1.82, 2.24) is 10.2 Å². The average molecular weight is 348 g/mol. The van der Waals surface area contributed by atoms with Crippen molar-refractivity contribution in [3.05, 3.63) is 51.7 Å². The van der Waals surface area contributed by atoms with Crippen LogP contribution in [0.4, 0.5) is 5.69 Å². The molecule has 3 rings (SSSR count). The Morgan fingerprint density at radius 1 is 1.30 bits per heavy atom. The molecule has 0 spiro atoms. The molecule has 1 amide bonds. The molecule has 0 saturated carbocycles. The summed E-state index contributed by atoms with van der Waals surface area (Å²) in [5.41, 5.74) is 2.57. The highest BCUT2D eigenvalue weighted by atomic mass is 35.5. The van der Waals surface area contributed by atoms with E-state index in [0.29, 0.717) is 16.6 Å². The van der Waals surface area contributed by atoms with E-state index in [1.54, 1.807) is 18.2 Å². The average Bonchev–Trinajstić information content (AvgIpc) is 3.12. The molecule has 0 atom stereocenters. The second-order valence-electron chi connectivity index (χ2n) is 5.07. The molecule has 118 valence electrons. The standard InChI is InChI=1S/C16H14ClN3O2S/c1-9-6-7-23-15(9)16-20-19-14(22-16)8-13(21)18-12-5-3-4-11(17)10(12)2/h3-7H,8H2,1-2H3,(H,18,21). The van der Waals surface area contributed by atoms with Gasteiger partial charge in [-0.1, -0.05) is 17.7 Å². The van der Waals surface area contributed by atoms with Crippen molar-refractivity contribution in [2.75, 3.05) is 5.32 Å². The lowest BCUT2D eigenvalue weighted by atomic mass is 10.2. The largest absolute Gasteiger partial charge is 0.419 e. The zero-order chi connectivity index (χ0) is 16.4. The molecule has 0 bridgehead atoms. The molecule has 2 heterocycles. The summed E-state index contributed by atoms with van der Waals surface area (Å²) >= 11 is 7.57. The van der Waals surface area contributed by atoms with Crippen LogP contribution in [0.2, 0.25) is 5.02 Å². The number of aryl methyl sites for hydroxylation is 1. The first-order valence-corrected chi connectivity index (χ1v) is 8.22. The molecule has 0 aliphatic heterocycles. The van der Waals surface area contributed by atoms with Crippen LogP contribution in [0.3, 0.4) is 0 Å². The van der Waals surface area contributed by atoms with Crippen molar-refractivity contribution in [2.24, 2.45) is 0 Å². The molecule has 1 aromatic carbocycles. The van der Waals surface area contributed by atoms with Crippen LogP contribution in [0.25, 0.3) is 10.8 Å². The number of amides is 1. The van der Waals surface area contributed by atoms with Crippen LogP contribution in [-0.4, -0.2) is 16.1 Å². The molecule has 7 heteroatoms. The molecule has 3 aromatic rings. The number of thiophene rings is 1. The van der Waals surface area contributed by atoms with E-state index in [-0.39, 0.29) is 18.2 Å². The number of halogens is 1. The van der Waals surface area contributed by atoms with Gasteiger partial charge in [-0.3, -0.25) is 4.79 Å². The van der Waals surface area contributed by atoms with Gasteiger partial charge in [-0.05, 0) is 48.6 Å². The van der Waals surface area contributed by atoms with E-state index in [2.05, 4.69) is 15.5 Å². The fourth-order valence-electron chi connectivity index (χ4n) is 2.08. The lowest BCUT2D eigenvalue weighted by Gasteiger charge is -2.08. The first kappa shape index (κ1) is 15.7. The molecule has 0 aliphatic carbocycles. The number of carbonyl (C=O) groups excluding carboxylic acids is 1. The van der Waals surface area contributed by atoms with Gasteiger partial charge in [-0.25, -0.2) is 0 Å². The Hall–Kier alpha value is -2.18. The van der Waals surface area contributed by atoms with Gasteiger partial charge in [0.15, 0.2) is 0 Å². The number of hydrogen-bond donors (Lipinski definition) is 1. The molecule has 0 aliphatic rings. The van der Waals surface area contributed by atoms with Gasteiger partial charge in [0, 0.05) is 10.7 Å².